The Kier molecular flexibility index (Phi) is 5.78. The smallest absolute Gasteiger partial charge is 0.167 e. The first kappa shape index (κ1) is 25.4. The molecule has 4 nitrogen and oxygen atoms in total. The van der Waals surface area contributed by atoms with E-state index in [1.165, 1.54) is 21.5 Å². The van der Waals surface area contributed by atoms with E-state index in [1.54, 1.807) is 0 Å². The van der Waals surface area contributed by atoms with E-state index in [2.05, 4.69) is 109 Å². The normalized spacial score (nSPS) is 11.6. The third-order valence-electron chi connectivity index (χ3n) is 8.50. The number of para-hydroxylation sites is 1. The lowest BCUT2D eigenvalue weighted by Crippen LogP contribution is -2.00. The molecule has 210 valence electrons. The van der Waals surface area contributed by atoms with Gasteiger partial charge in [-0.2, -0.15) is 0 Å². The zero-order valence-corrected chi connectivity index (χ0v) is 24.2. The van der Waals surface area contributed by atoms with Gasteiger partial charge in [0.05, 0.1) is 5.56 Å². The van der Waals surface area contributed by atoms with Crippen molar-refractivity contribution in [2.24, 2.45) is 0 Å². The molecule has 0 spiro atoms. The predicted octanol–water partition coefficient (Wildman–Crippen LogP) is 10.7. The van der Waals surface area contributed by atoms with Crippen molar-refractivity contribution in [1.82, 2.24) is 15.0 Å². The van der Waals surface area contributed by atoms with Gasteiger partial charge in [-0.15, -0.1) is 0 Å². The van der Waals surface area contributed by atoms with E-state index in [0.29, 0.717) is 17.5 Å². The second kappa shape index (κ2) is 10.2. The van der Waals surface area contributed by atoms with Gasteiger partial charge in [-0.25, -0.2) is 15.0 Å². The fourth-order valence-corrected chi connectivity index (χ4v) is 6.37. The van der Waals surface area contributed by atoms with E-state index in [0.717, 1.165) is 49.8 Å². The highest BCUT2D eigenvalue weighted by atomic mass is 16.3. The number of fused-ring (bicyclic) bond motifs is 7. The molecule has 0 unspecified atom stereocenters. The molecule has 0 atom stereocenters. The van der Waals surface area contributed by atoms with Crippen LogP contribution in [-0.2, 0) is 0 Å². The van der Waals surface area contributed by atoms with Gasteiger partial charge >= 0.3 is 0 Å². The summed E-state index contributed by atoms with van der Waals surface area (Å²) in [7, 11) is 0. The van der Waals surface area contributed by atoms with E-state index >= 15 is 0 Å². The monoisotopic (exact) mass is 575 g/mol. The minimum absolute atomic E-state index is 0.572. The summed E-state index contributed by atoms with van der Waals surface area (Å²) in [4.78, 5) is 15.1. The van der Waals surface area contributed by atoms with Crippen LogP contribution >= 0.6 is 0 Å². The Labute approximate surface area is 259 Å². The van der Waals surface area contributed by atoms with Crippen LogP contribution in [0, 0.1) is 0 Å². The van der Waals surface area contributed by atoms with E-state index < -0.39 is 0 Å². The fraction of sp³-hybridized carbons (Fsp3) is 0. The molecule has 0 amide bonds. The number of benzene rings is 7. The summed E-state index contributed by atoms with van der Waals surface area (Å²) in [6, 6.07) is 52.1. The Balaban J connectivity index is 1.30. The summed E-state index contributed by atoms with van der Waals surface area (Å²) in [5, 5.41) is 6.94. The van der Waals surface area contributed by atoms with Crippen molar-refractivity contribution >= 4 is 43.5 Å². The lowest BCUT2D eigenvalue weighted by atomic mass is 9.97. The van der Waals surface area contributed by atoms with Crippen LogP contribution in [0.5, 0.6) is 0 Å². The van der Waals surface area contributed by atoms with Crippen molar-refractivity contribution in [3.8, 4) is 45.3 Å². The summed E-state index contributed by atoms with van der Waals surface area (Å²) in [6.45, 7) is 0. The molecular weight excluding hydrogens is 550 g/mol. The van der Waals surface area contributed by atoms with E-state index in [1.807, 2.05) is 42.5 Å². The topological polar surface area (TPSA) is 51.8 Å². The van der Waals surface area contributed by atoms with Crippen LogP contribution in [0.4, 0.5) is 0 Å². The second-order valence-corrected chi connectivity index (χ2v) is 11.2. The Hall–Kier alpha value is -6.13. The molecule has 45 heavy (non-hydrogen) atoms. The Morgan fingerprint density at radius 1 is 0.378 bits per heavy atom. The molecule has 7 aromatic carbocycles. The molecular formula is C41H25N3O. The lowest BCUT2D eigenvalue weighted by Gasteiger charge is -2.10. The number of furan rings is 1. The highest BCUT2D eigenvalue weighted by molar-refractivity contribution is 6.27. The molecule has 0 bridgehead atoms. The van der Waals surface area contributed by atoms with Crippen LogP contribution in [0.3, 0.4) is 0 Å². The van der Waals surface area contributed by atoms with Gasteiger partial charge in [0.25, 0.3) is 0 Å². The van der Waals surface area contributed by atoms with Crippen LogP contribution in [0.2, 0.25) is 0 Å². The zero-order valence-electron chi connectivity index (χ0n) is 24.2. The average molecular weight is 576 g/mol. The summed E-state index contributed by atoms with van der Waals surface area (Å²) in [6.07, 6.45) is 0. The van der Waals surface area contributed by atoms with Crippen molar-refractivity contribution in [3.05, 3.63) is 152 Å². The van der Waals surface area contributed by atoms with Crippen LogP contribution in [0.1, 0.15) is 0 Å². The molecule has 9 aromatic rings. The number of aromatic nitrogens is 3. The summed E-state index contributed by atoms with van der Waals surface area (Å²) in [5.74, 6) is 1.80. The highest BCUT2D eigenvalue weighted by Gasteiger charge is 2.19. The molecule has 0 aliphatic carbocycles. The molecule has 0 saturated carbocycles. The second-order valence-electron chi connectivity index (χ2n) is 11.2. The van der Waals surface area contributed by atoms with Crippen LogP contribution < -0.4 is 0 Å². The van der Waals surface area contributed by atoms with Gasteiger partial charge in [-0.3, -0.25) is 0 Å². The van der Waals surface area contributed by atoms with Gasteiger partial charge in [-0.05, 0) is 45.5 Å². The van der Waals surface area contributed by atoms with Crippen LogP contribution in [-0.4, -0.2) is 15.0 Å². The first-order valence-electron chi connectivity index (χ1n) is 15.0. The molecule has 9 rings (SSSR count). The molecule has 4 heteroatoms. The molecule has 0 saturated heterocycles. The van der Waals surface area contributed by atoms with Gasteiger partial charge in [-0.1, -0.05) is 133 Å². The quantitative estimate of drug-likeness (QED) is 0.196. The number of hydrogen-bond donors (Lipinski definition) is 0. The molecule has 0 N–H and O–H groups in total. The maximum Gasteiger partial charge on any atom is 0.167 e. The predicted molar refractivity (Wildman–Crippen MR) is 184 cm³/mol. The first-order valence-corrected chi connectivity index (χ1v) is 15.0. The van der Waals surface area contributed by atoms with Gasteiger partial charge in [0.15, 0.2) is 17.5 Å². The van der Waals surface area contributed by atoms with Crippen molar-refractivity contribution in [3.63, 3.8) is 0 Å². The minimum Gasteiger partial charge on any atom is -0.455 e. The number of hydrogen-bond acceptors (Lipinski definition) is 4. The summed E-state index contributed by atoms with van der Waals surface area (Å²) >= 11 is 0. The summed E-state index contributed by atoms with van der Waals surface area (Å²) < 4.78 is 6.66. The van der Waals surface area contributed by atoms with Crippen molar-refractivity contribution in [2.45, 2.75) is 0 Å². The van der Waals surface area contributed by atoms with Gasteiger partial charge in [0.1, 0.15) is 11.2 Å². The molecule has 0 aliphatic rings. The highest BCUT2D eigenvalue weighted by Crippen LogP contribution is 2.41. The van der Waals surface area contributed by atoms with Gasteiger partial charge in [0, 0.05) is 27.3 Å². The van der Waals surface area contributed by atoms with Crippen molar-refractivity contribution in [2.75, 3.05) is 0 Å². The van der Waals surface area contributed by atoms with Gasteiger partial charge < -0.3 is 4.42 Å². The first-order chi connectivity index (χ1) is 22.3. The largest absolute Gasteiger partial charge is 0.455 e. The number of rotatable bonds is 4. The van der Waals surface area contributed by atoms with E-state index in [4.69, 9.17) is 19.4 Å². The third kappa shape index (κ3) is 4.27. The Morgan fingerprint density at radius 3 is 1.82 bits per heavy atom. The fourth-order valence-electron chi connectivity index (χ4n) is 6.37. The minimum atomic E-state index is 0.572. The van der Waals surface area contributed by atoms with Crippen molar-refractivity contribution < 1.29 is 4.42 Å². The lowest BCUT2D eigenvalue weighted by molar-refractivity contribution is 0.670. The average Bonchev–Trinajstić information content (AvgIpc) is 3.51. The molecule has 0 fully saturated rings. The van der Waals surface area contributed by atoms with Crippen LogP contribution in [0.15, 0.2) is 156 Å². The van der Waals surface area contributed by atoms with E-state index in [9.17, 15) is 0 Å². The molecule has 0 radical (unpaired) electrons. The van der Waals surface area contributed by atoms with Crippen LogP contribution in [0.25, 0.3) is 88.8 Å². The zero-order chi connectivity index (χ0) is 29.7. The van der Waals surface area contributed by atoms with E-state index in [-0.39, 0.29) is 0 Å². The SMILES string of the molecule is c1ccc(-c2cccc(-c3nc(-c4ccccc4)nc(-c4cccc5c4oc4ccc6ccc7ccccc7c6c45)n3)c2)cc1. The molecule has 2 heterocycles. The standard InChI is InChI=1S/C41H25N3O/c1-3-11-26(12-4-1)30-16-9-17-31(25-30)40-42-39(29-14-5-2-6-15-29)43-41(44-40)34-20-10-19-33-37-35(45-38(33)34)24-23-28-22-21-27-13-7-8-18-32(27)36(28)37/h1-25H. The molecule has 0 aliphatic heterocycles. The Bertz CT molecular complexity index is 2540. The third-order valence-corrected chi connectivity index (χ3v) is 8.50. The van der Waals surface area contributed by atoms with Crippen molar-refractivity contribution in [1.29, 1.82) is 0 Å². The maximum atomic E-state index is 6.66. The Morgan fingerprint density at radius 2 is 0.978 bits per heavy atom. The molecule has 2 aromatic heterocycles. The maximum absolute atomic E-state index is 6.66. The number of nitrogens with zero attached hydrogens (tertiary/aromatic N) is 3. The summed E-state index contributed by atoms with van der Waals surface area (Å²) in [5.41, 5.74) is 6.54. The van der Waals surface area contributed by atoms with Gasteiger partial charge in [0.2, 0.25) is 0 Å².